The molecule has 0 spiro atoms. The van der Waals surface area contributed by atoms with Crippen molar-refractivity contribution in [3.63, 3.8) is 0 Å². The molecule has 0 atom stereocenters. The Labute approximate surface area is 105 Å². The van der Waals surface area contributed by atoms with Crippen molar-refractivity contribution in [3.05, 3.63) is 0 Å². The molecule has 2 N–H and O–H groups in total. The summed E-state index contributed by atoms with van der Waals surface area (Å²) in [6.45, 7) is 5.54. The van der Waals surface area contributed by atoms with Crippen LogP contribution < -0.4 is 5.32 Å². The van der Waals surface area contributed by atoms with Gasteiger partial charge in [-0.3, -0.25) is 4.79 Å². The van der Waals surface area contributed by atoms with E-state index in [1.807, 2.05) is 13.8 Å². The molecular formula is C13H27NO3. The Bertz CT molecular complexity index is 201. The van der Waals surface area contributed by atoms with Gasteiger partial charge in [0.25, 0.3) is 0 Å². The fraction of sp³-hybridized carbons (Fsp3) is 0.923. The van der Waals surface area contributed by atoms with Gasteiger partial charge >= 0.3 is 5.97 Å². The standard InChI is InChI=1S/C13H27NO3/c1-4-8-13(9-5-2,12(15)16)14-10-6-7-11-17-3/h14H,4-11H2,1-3H3,(H,15,16). The molecule has 0 aromatic carbocycles. The summed E-state index contributed by atoms with van der Waals surface area (Å²) in [4.78, 5) is 11.4. The summed E-state index contributed by atoms with van der Waals surface area (Å²) in [6, 6.07) is 0. The van der Waals surface area contributed by atoms with Gasteiger partial charge in [0, 0.05) is 13.7 Å². The van der Waals surface area contributed by atoms with Crippen LogP contribution in [-0.4, -0.2) is 36.9 Å². The number of hydrogen-bond acceptors (Lipinski definition) is 3. The summed E-state index contributed by atoms with van der Waals surface area (Å²) >= 11 is 0. The van der Waals surface area contributed by atoms with Crippen molar-refractivity contribution in [1.29, 1.82) is 0 Å². The number of nitrogens with one attached hydrogen (secondary N) is 1. The fourth-order valence-corrected chi connectivity index (χ4v) is 2.14. The predicted molar refractivity (Wildman–Crippen MR) is 69.3 cm³/mol. The maximum Gasteiger partial charge on any atom is 0.323 e. The Morgan fingerprint density at radius 3 is 2.24 bits per heavy atom. The maximum absolute atomic E-state index is 11.4. The Morgan fingerprint density at radius 1 is 1.24 bits per heavy atom. The molecule has 0 rings (SSSR count). The van der Waals surface area contributed by atoms with E-state index in [1.165, 1.54) is 0 Å². The third kappa shape index (κ3) is 6.03. The number of methoxy groups -OCH3 is 1. The lowest BCUT2D eigenvalue weighted by Gasteiger charge is -2.30. The number of aliphatic carboxylic acids is 1. The number of hydrogen-bond donors (Lipinski definition) is 2. The zero-order valence-corrected chi connectivity index (χ0v) is 11.4. The molecule has 0 unspecified atom stereocenters. The molecule has 4 heteroatoms. The monoisotopic (exact) mass is 245 g/mol. The van der Waals surface area contributed by atoms with Crippen molar-refractivity contribution in [2.75, 3.05) is 20.3 Å². The number of rotatable bonds is 11. The number of unbranched alkanes of at least 4 members (excludes halogenated alkanes) is 1. The van der Waals surface area contributed by atoms with Crippen LogP contribution in [0.3, 0.4) is 0 Å². The molecule has 0 radical (unpaired) electrons. The first-order valence-electron chi connectivity index (χ1n) is 6.60. The third-order valence-electron chi connectivity index (χ3n) is 3.00. The van der Waals surface area contributed by atoms with Crippen LogP contribution in [0.15, 0.2) is 0 Å². The van der Waals surface area contributed by atoms with E-state index >= 15 is 0 Å². The molecule has 0 saturated heterocycles. The summed E-state index contributed by atoms with van der Waals surface area (Å²) < 4.78 is 4.97. The van der Waals surface area contributed by atoms with Gasteiger partial charge in [0.05, 0.1) is 0 Å². The second-order valence-electron chi connectivity index (χ2n) is 4.51. The lowest BCUT2D eigenvalue weighted by atomic mass is 9.88. The van der Waals surface area contributed by atoms with Crippen molar-refractivity contribution >= 4 is 5.97 Å². The van der Waals surface area contributed by atoms with E-state index in [-0.39, 0.29) is 0 Å². The van der Waals surface area contributed by atoms with E-state index in [4.69, 9.17) is 4.74 Å². The van der Waals surface area contributed by atoms with Crippen LogP contribution in [0.4, 0.5) is 0 Å². The van der Waals surface area contributed by atoms with Gasteiger partial charge in [0.2, 0.25) is 0 Å². The van der Waals surface area contributed by atoms with Gasteiger partial charge in [-0.2, -0.15) is 0 Å². The molecule has 0 bridgehead atoms. The van der Waals surface area contributed by atoms with Crippen LogP contribution in [0.25, 0.3) is 0 Å². The summed E-state index contributed by atoms with van der Waals surface area (Å²) in [5.41, 5.74) is -0.726. The lowest BCUT2D eigenvalue weighted by molar-refractivity contribution is -0.145. The SMILES string of the molecule is CCCC(CCC)(NCCCCOC)C(=O)O. The smallest absolute Gasteiger partial charge is 0.323 e. The lowest BCUT2D eigenvalue weighted by Crippen LogP contribution is -2.52. The Hall–Kier alpha value is -0.610. The first kappa shape index (κ1) is 16.4. The van der Waals surface area contributed by atoms with E-state index in [2.05, 4.69) is 5.32 Å². The summed E-state index contributed by atoms with van der Waals surface area (Å²) in [5, 5.41) is 12.6. The van der Waals surface area contributed by atoms with Gasteiger partial charge in [-0.25, -0.2) is 0 Å². The molecule has 0 aliphatic carbocycles. The highest BCUT2D eigenvalue weighted by Gasteiger charge is 2.35. The van der Waals surface area contributed by atoms with Crippen LogP contribution in [0.5, 0.6) is 0 Å². The van der Waals surface area contributed by atoms with Crippen molar-refractivity contribution in [3.8, 4) is 0 Å². The van der Waals surface area contributed by atoms with Gasteiger partial charge in [-0.05, 0) is 32.2 Å². The molecule has 17 heavy (non-hydrogen) atoms. The quantitative estimate of drug-likeness (QED) is 0.549. The largest absolute Gasteiger partial charge is 0.480 e. The zero-order chi connectivity index (χ0) is 13.1. The van der Waals surface area contributed by atoms with Crippen molar-refractivity contribution < 1.29 is 14.6 Å². The second-order valence-corrected chi connectivity index (χ2v) is 4.51. The molecule has 0 aromatic rings. The van der Waals surface area contributed by atoms with Crippen molar-refractivity contribution in [2.24, 2.45) is 0 Å². The minimum absolute atomic E-state index is 0.695. The number of carbonyl (C=O) groups is 1. The van der Waals surface area contributed by atoms with Crippen LogP contribution in [0, 0.1) is 0 Å². The molecule has 4 nitrogen and oxygen atoms in total. The van der Waals surface area contributed by atoms with Crippen LogP contribution in [-0.2, 0) is 9.53 Å². The summed E-state index contributed by atoms with van der Waals surface area (Å²) in [7, 11) is 1.68. The first-order chi connectivity index (χ1) is 8.13. The number of carboxylic acid groups (broad SMARTS) is 1. The number of ether oxygens (including phenoxy) is 1. The molecule has 0 amide bonds. The summed E-state index contributed by atoms with van der Waals surface area (Å²) in [5.74, 6) is -0.715. The zero-order valence-electron chi connectivity index (χ0n) is 11.4. The van der Waals surface area contributed by atoms with Gasteiger partial charge in [-0.15, -0.1) is 0 Å². The molecule has 0 heterocycles. The third-order valence-corrected chi connectivity index (χ3v) is 3.00. The average molecular weight is 245 g/mol. The van der Waals surface area contributed by atoms with E-state index in [0.29, 0.717) is 12.8 Å². The highest BCUT2D eigenvalue weighted by atomic mass is 16.5. The van der Waals surface area contributed by atoms with Crippen LogP contribution in [0.1, 0.15) is 52.4 Å². The average Bonchev–Trinajstić information content (AvgIpc) is 2.29. The molecule has 102 valence electrons. The Morgan fingerprint density at radius 2 is 1.82 bits per heavy atom. The molecule has 0 fully saturated rings. The second kappa shape index (κ2) is 9.42. The van der Waals surface area contributed by atoms with Crippen molar-refractivity contribution in [1.82, 2.24) is 5.32 Å². The highest BCUT2D eigenvalue weighted by molar-refractivity contribution is 5.78. The molecule has 0 aliphatic heterocycles. The van der Waals surface area contributed by atoms with E-state index < -0.39 is 11.5 Å². The topological polar surface area (TPSA) is 58.6 Å². The molecular weight excluding hydrogens is 218 g/mol. The summed E-state index contributed by atoms with van der Waals surface area (Å²) in [6.07, 6.45) is 5.09. The Kier molecular flexibility index (Phi) is 9.09. The highest BCUT2D eigenvalue weighted by Crippen LogP contribution is 2.20. The minimum atomic E-state index is -0.726. The molecule has 0 saturated carbocycles. The van der Waals surface area contributed by atoms with E-state index in [0.717, 1.165) is 38.8 Å². The van der Waals surface area contributed by atoms with E-state index in [1.54, 1.807) is 7.11 Å². The normalized spacial score (nSPS) is 11.7. The van der Waals surface area contributed by atoms with E-state index in [9.17, 15) is 9.90 Å². The predicted octanol–water partition coefficient (Wildman–Crippen LogP) is 2.43. The van der Waals surface area contributed by atoms with Crippen LogP contribution in [0.2, 0.25) is 0 Å². The van der Waals surface area contributed by atoms with Crippen molar-refractivity contribution in [2.45, 2.75) is 57.9 Å². The van der Waals surface area contributed by atoms with Gasteiger partial charge in [0.1, 0.15) is 5.54 Å². The Balaban J connectivity index is 4.20. The number of carboxylic acids is 1. The minimum Gasteiger partial charge on any atom is -0.480 e. The maximum atomic E-state index is 11.4. The molecule has 0 aliphatic rings. The molecule has 0 aromatic heterocycles. The first-order valence-corrected chi connectivity index (χ1v) is 6.60. The van der Waals surface area contributed by atoms with Gasteiger partial charge in [0.15, 0.2) is 0 Å². The van der Waals surface area contributed by atoms with Crippen LogP contribution >= 0.6 is 0 Å². The van der Waals surface area contributed by atoms with Gasteiger partial charge in [-0.1, -0.05) is 26.7 Å². The van der Waals surface area contributed by atoms with Gasteiger partial charge < -0.3 is 15.2 Å². The fourth-order valence-electron chi connectivity index (χ4n) is 2.14.